The number of carbonyl (C=O) groups excluding carboxylic acids is 1. The number of carbonyl (C=O) groups is 1. The highest BCUT2D eigenvalue weighted by Gasteiger charge is 2.33. The third-order valence-corrected chi connectivity index (χ3v) is 5.53. The van der Waals surface area contributed by atoms with E-state index in [1.165, 1.54) is 0 Å². The van der Waals surface area contributed by atoms with Gasteiger partial charge in [-0.1, -0.05) is 41.4 Å². The number of rotatable bonds is 4. The van der Waals surface area contributed by atoms with Gasteiger partial charge in [-0.25, -0.2) is 0 Å². The predicted molar refractivity (Wildman–Crippen MR) is 108 cm³/mol. The highest BCUT2D eigenvalue weighted by Crippen LogP contribution is 2.29. The van der Waals surface area contributed by atoms with E-state index in [9.17, 15) is 9.90 Å². The van der Waals surface area contributed by atoms with Gasteiger partial charge in [0.15, 0.2) is 0 Å². The summed E-state index contributed by atoms with van der Waals surface area (Å²) in [4.78, 5) is 14.5. The standard InChI is InChI=1S/C21H23Cl2NO3/c1-15-7-8-18(23)19(13-15)27-14-21(26)9-4-11-24(12-10-21)20(25)16-5-2-3-6-17(16)22/h2-3,5-8,13,26H,4,9-12,14H2,1H3/t21-/m1/s1. The predicted octanol–water partition coefficient (Wildman–Crippen LogP) is 4.74. The lowest BCUT2D eigenvalue weighted by molar-refractivity contribution is -0.0163. The Bertz CT molecular complexity index is 827. The number of benzene rings is 2. The molecule has 0 bridgehead atoms. The van der Waals surface area contributed by atoms with Gasteiger partial charge in [-0.15, -0.1) is 0 Å². The fourth-order valence-electron chi connectivity index (χ4n) is 3.26. The van der Waals surface area contributed by atoms with Gasteiger partial charge in [-0.3, -0.25) is 4.79 Å². The lowest BCUT2D eigenvalue weighted by atomic mass is 9.96. The molecule has 1 N–H and O–H groups in total. The van der Waals surface area contributed by atoms with Crippen molar-refractivity contribution in [2.24, 2.45) is 0 Å². The lowest BCUT2D eigenvalue weighted by Gasteiger charge is -2.27. The summed E-state index contributed by atoms with van der Waals surface area (Å²) in [7, 11) is 0. The zero-order valence-corrected chi connectivity index (χ0v) is 16.8. The summed E-state index contributed by atoms with van der Waals surface area (Å²) in [6, 6.07) is 12.6. The van der Waals surface area contributed by atoms with Crippen LogP contribution in [0, 0.1) is 6.92 Å². The van der Waals surface area contributed by atoms with E-state index in [0.29, 0.717) is 53.7 Å². The molecule has 3 rings (SSSR count). The molecule has 6 heteroatoms. The molecule has 4 nitrogen and oxygen atoms in total. The number of ether oxygens (including phenoxy) is 1. The Labute approximate surface area is 169 Å². The molecule has 0 aromatic heterocycles. The van der Waals surface area contributed by atoms with Gasteiger partial charge in [0.05, 0.1) is 15.6 Å². The third kappa shape index (κ3) is 4.95. The molecule has 1 amide bonds. The number of halogens is 2. The smallest absolute Gasteiger partial charge is 0.255 e. The van der Waals surface area contributed by atoms with Crippen LogP contribution >= 0.6 is 23.2 Å². The fraction of sp³-hybridized carbons (Fsp3) is 0.381. The molecular weight excluding hydrogens is 385 g/mol. The second kappa shape index (κ2) is 8.51. The van der Waals surface area contributed by atoms with Crippen molar-refractivity contribution in [3.63, 3.8) is 0 Å². The van der Waals surface area contributed by atoms with Gasteiger partial charge < -0.3 is 14.7 Å². The summed E-state index contributed by atoms with van der Waals surface area (Å²) >= 11 is 12.3. The zero-order valence-electron chi connectivity index (χ0n) is 15.3. The van der Waals surface area contributed by atoms with Crippen LogP contribution in [0.5, 0.6) is 5.75 Å². The minimum atomic E-state index is -0.997. The second-order valence-corrected chi connectivity index (χ2v) is 7.89. The van der Waals surface area contributed by atoms with Crippen molar-refractivity contribution in [1.82, 2.24) is 4.90 Å². The quantitative estimate of drug-likeness (QED) is 0.795. The van der Waals surface area contributed by atoms with Gasteiger partial charge in [0, 0.05) is 13.1 Å². The van der Waals surface area contributed by atoms with Crippen LogP contribution in [0.2, 0.25) is 10.0 Å². The Kier molecular flexibility index (Phi) is 6.30. The molecular formula is C21H23Cl2NO3. The van der Waals surface area contributed by atoms with Gasteiger partial charge in [0.25, 0.3) is 5.91 Å². The molecule has 2 aromatic carbocycles. The minimum absolute atomic E-state index is 0.104. The van der Waals surface area contributed by atoms with Crippen molar-refractivity contribution < 1.29 is 14.6 Å². The van der Waals surface area contributed by atoms with E-state index >= 15 is 0 Å². The van der Waals surface area contributed by atoms with E-state index in [0.717, 1.165) is 5.56 Å². The van der Waals surface area contributed by atoms with Crippen molar-refractivity contribution in [3.05, 3.63) is 63.6 Å². The average molecular weight is 408 g/mol. The van der Waals surface area contributed by atoms with Crippen LogP contribution in [0.1, 0.15) is 35.2 Å². The number of aryl methyl sites for hydroxylation is 1. The van der Waals surface area contributed by atoms with Gasteiger partial charge in [0.2, 0.25) is 0 Å². The van der Waals surface area contributed by atoms with Crippen LogP contribution in [-0.4, -0.2) is 41.2 Å². The molecule has 0 aliphatic carbocycles. The molecule has 0 unspecified atom stereocenters. The monoisotopic (exact) mass is 407 g/mol. The lowest BCUT2D eigenvalue weighted by Crippen LogP contribution is -2.38. The normalized spacial score (nSPS) is 20.2. The summed E-state index contributed by atoms with van der Waals surface area (Å²) in [5, 5.41) is 11.9. The molecule has 0 spiro atoms. The molecule has 1 heterocycles. The van der Waals surface area contributed by atoms with E-state index in [1.807, 2.05) is 19.1 Å². The molecule has 1 aliphatic rings. The van der Waals surface area contributed by atoms with Crippen molar-refractivity contribution in [2.75, 3.05) is 19.7 Å². The van der Waals surface area contributed by atoms with E-state index in [2.05, 4.69) is 0 Å². The molecule has 144 valence electrons. The topological polar surface area (TPSA) is 49.8 Å². The Morgan fingerprint density at radius 2 is 1.93 bits per heavy atom. The fourth-order valence-corrected chi connectivity index (χ4v) is 3.65. The highest BCUT2D eigenvalue weighted by molar-refractivity contribution is 6.33. The van der Waals surface area contributed by atoms with Crippen LogP contribution in [0.25, 0.3) is 0 Å². The maximum Gasteiger partial charge on any atom is 0.255 e. The van der Waals surface area contributed by atoms with E-state index < -0.39 is 5.60 Å². The molecule has 1 aliphatic heterocycles. The third-order valence-electron chi connectivity index (χ3n) is 4.89. The largest absolute Gasteiger partial charge is 0.489 e. The molecule has 0 radical (unpaired) electrons. The maximum absolute atomic E-state index is 12.8. The number of hydrogen-bond acceptors (Lipinski definition) is 3. The van der Waals surface area contributed by atoms with Gasteiger partial charge in [0.1, 0.15) is 18.0 Å². The molecule has 0 saturated carbocycles. The molecule has 2 aromatic rings. The second-order valence-electron chi connectivity index (χ2n) is 7.07. The number of likely N-dealkylation sites (tertiary alicyclic amines) is 1. The average Bonchev–Trinajstić information content (AvgIpc) is 2.85. The number of hydrogen-bond donors (Lipinski definition) is 1. The first-order valence-corrected chi connectivity index (χ1v) is 9.79. The maximum atomic E-state index is 12.8. The van der Waals surface area contributed by atoms with Crippen molar-refractivity contribution in [1.29, 1.82) is 0 Å². The van der Waals surface area contributed by atoms with Gasteiger partial charge >= 0.3 is 0 Å². The first-order valence-electron chi connectivity index (χ1n) is 9.03. The Hall–Kier alpha value is -1.75. The highest BCUT2D eigenvalue weighted by atomic mass is 35.5. The van der Waals surface area contributed by atoms with Crippen molar-refractivity contribution in [2.45, 2.75) is 31.8 Å². The van der Waals surface area contributed by atoms with Crippen LogP contribution in [-0.2, 0) is 0 Å². The Balaban J connectivity index is 1.64. The molecule has 1 atom stereocenters. The van der Waals surface area contributed by atoms with Gasteiger partial charge in [-0.2, -0.15) is 0 Å². The summed E-state index contributed by atoms with van der Waals surface area (Å²) in [6.45, 7) is 3.13. The zero-order chi connectivity index (χ0) is 19.4. The number of nitrogens with zero attached hydrogens (tertiary/aromatic N) is 1. The van der Waals surface area contributed by atoms with Crippen molar-refractivity contribution in [3.8, 4) is 5.75 Å². The first-order chi connectivity index (χ1) is 12.9. The Morgan fingerprint density at radius 3 is 2.70 bits per heavy atom. The molecule has 27 heavy (non-hydrogen) atoms. The summed E-state index contributed by atoms with van der Waals surface area (Å²) in [5.74, 6) is 0.464. The van der Waals surface area contributed by atoms with Crippen LogP contribution in [0.3, 0.4) is 0 Å². The summed E-state index contributed by atoms with van der Waals surface area (Å²) in [6.07, 6.45) is 1.69. The molecule has 1 fully saturated rings. The summed E-state index contributed by atoms with van der Waals surface area (Å²) < 4.78 is 5.81. The van der Waals surface area contributed by atoms with E-state index in [1.54, 1.807) is 35.2 Å². The SMILES string of the molecule is Cc1ccc(Cl)c(OC[C@@]2(O)CCCN(C(=O)c3ccccc3Cl)CC2)c1. The number of aliphatic hydroxyl groups is 1. The van der Waals surface area contributed by atoms with Crippen molar-refractivity contribution >= 4 is 29.1 Å². The first kappa shape index (κ1) is 20.0. The van der Waals surface area contributed by atoms with Crippen LogP contribution in [0.4, 0.5) is 0 Å². The molecule has 1 saturated heterocycles. The van der Waals surface area contributed by atoms with E-state index in [4.69, 9.17) is 27.9 Å². The Morgan fingerprint density at radius 1 is 1.15 bits per heavy atom. The van der Waals surface area contributed by atoms with Crippen LogP contribution in [0.15, 0.2) is 42.5 Å². The van der Waals surface area contributed by atoms with Gasteiger partial charge in [-0.05, 0) is 56.0 Å². The number of amides is 1. The summed E-state index contributed by atoms with van der Waals surface area (Å²) in [5.41, 5.74) is 0.536. The van der Waals surface area contributed by atoms with Crippen LogP contribution < -0.4 is 4.74 Å². The minimum Gasteiger partial charge on any atom is -0.489 e. The van der Waals surface area contributed by atoms with E-state index in [-0.39, 0.29) is 12.5 Å².